The first-order chi connectivity index (χ1) is 10.1. The summed E-state index contributed by atoms with van der Waals surface area (Å²) in [5.41, 5.74) is 1.22. The van der Waals surface area contributed by atoms with Crippen molar-refractivity contribution in [1.82, 2.24) is 4.98 Å². The van der Waals surface area contributed by atoms with Crippen molar-refractivity contribution in [2.75, 3.05) is 12.4 Å². The fourth-order valence-corrected chi connectivity index (χ4v) is 1.76. The van der Waals surface area contributed by atoms with E-state index in [4.69, 9.17) is 10.00 Å². The molecule has 0 atom stereocenters. The number of nitro groups is 1. The fourth-order valence-electron chi connectivity index (χ4n) is 1.76. The number of methoxy groups -OCH3 is 1. The molecule has 0 saturated heterocycles. The van der Waals surface area contributed by atoms with E-state index in [0.29, 0.717) is 12.1 Å². The van der Waals surface area contributed by atoms with E-state index in [0.717, 1.165) is 5.56 Å². The summed E-state index contributed by atoms with van der Waals surface area (Å²) in [6, 6.07) is 11.8. The minimum absolute atomic E-state index is 0.127. The molecule has 2 aromatic rings. The van der Waals surface area contributed by atoms with Gasteiger partial charge in [0.2, 0.25) is 11.7 Å². The highest BCUT2D eigenvalue weighted by Crippen LogP contribution is 2.25. The first kappa shape index (κ1) is 14.3. The Hall–Kier alpha value is -3.14. The third-order valence-electron chi connectivity index (χ3n) is 2.77. The van der Waals surface area contributed by atoms with Gasteiger partial charge in [-0.05, 0) is 17.7 Å². The molecule has 1 heterocycles. The lowest BCUT2D eigenvalue weighted by atomic mass is 10.1. The lowest BCUT2D eigenvalue weighted by Gasteiger charge is -2.08. The molecule has 0 bridgehead atoms. The number of hydrogen-bond acceptors (Lipinski definition) is 6. The average Bonchev–Trinajstić information content (AvgIpc) is 2.52. The number of benzene rings is 1. The summed E-state index contributed by atoms with van der Waals surface area (Å²) in [6.07, 6.45) is 0. The summed E-state index contributed by atoms with van der Waals surface area (Å²) in [5, 5.41) is 22.7. The maximum absolute atomic E-state index is 11.0. The molecule has 1 aromatic carbocycles. The van der Waals surface area contributed by atoms with Gasteiger partial charge in [-0.1, -0.05) is 12.1 Å². The molecule has 1 aromatic heterocycles. The van der Waals surface area contributed by atoms with E-state index in [9.17, 15) is 10.1 Å². The molecule has 106 valence electrons. The Labute approximate surface area is 121 Å². The van der Waals surface area contributed by atoms with Gasteiger partial charge in [-0.2, -0.15) is 10.2 Å². The Balaban J connectivity index is 2.22. The normalized spacial score (nSPS) is 9.71. The van der Waals surface area contributed by atoms with Crippen LogP contribution in [0.4, 0.5) is 11.5 Å². The van der Waals surface area contributed by atoms with Crippen LogP contribution in [-0.2, 0) is 6.54 Å². The predicted molar refractivity (Wildman–Crippen MR) is 75.9 cm³/mol. The second-order valence-electron chi connectivity index (χ2n) is 4.14. The third-order valence-corrected chi connectivity index (χ3v) is 2.77. The van der Waals surface area contributed by atoms with Crippen LogP contribution in [0.3, 0.4) is 0 Å². The lowest BCUT2D eigenvalue weighted by molar-refractivity contribution is -0.384. The molecule has 1 N–H and O–H groups in total. The van der Waals surface area contributed by atoms with E-state index in [1.807, 2.05) is 12.1 Å². The van der Waals surface area contributed by atoms with E-state index < -0.39 is 4.92 Å². The molecule has 2 rings (SSSR count). The first-order valence-corrected chi connectivity index (χ1v) is 6.06. The number of rotatable bonds is 5. The van der Waals surface area contributed by atoms with E-state index >= 15 is 0 Å². The molecule has 0 amide bonds. The highest BCUT2D eigenvalue weighted by Gasteiger charge is 2.16. The van der Waals surface area contributed by atoms with Gasteiger partial charge >= 0.3 is 5.69 Å². The second-order valence-corrected chi connectivity index (χ2v) is 4.14. The summed E-state index contributed by atoms with van der Waals surface area (Å²) >= 11 is 0. The van der Waals surface area contributed by atoms with Gasteiger partial charge in [-0.15, -0.1) is 0 Å². The largest absolute Gasteiger partial charge is 0.481 e. The number of nitriles is 1. The maximum atomic E-state index is 11.0. The van der Waals surface area contributed by atoms with Crippen molar-refractivity contribution in [3.63, 3.8) is 0 Å². The standard InChI is InChI=1S/C14H12N4O3/c1-21-13-6-5-12(18(19)20)14(17-13)16-9-11-4-2-3-10(7-11)8-15/h2-7H,9H2,1H3,(H,16,17). The van der Waals surface area contributed by atoms with Crippen LogP contribution >= 0.6 is 0 Å². The molecular weight excluding hydrogens is 272 g/mol. The number of ether oxygens (including phenoxy) is 1. The van der Waals surface area contributed by atoms with Gasteiger partial charge in [0.05, 0.1) is 23.7 Å². The zero-order valence-electron chi connectivity index (χ0n) is 11.2. The van der Waals surface area contributed by atoms with Crippen molar-refractivity contribution in [2.45, 2.75) is 6.54 Å². The van der Waals surface area contributed by atoms with Gasteiger partial charge in [-0.3, -0.25) is 10.1 Å². The number of nitrogens with zero attached hydrogens (tertiary/aromatic N) is 3. The number of anilines is 1. The van der Waals surface area contributed by atoms with Crippen molar-refractivity contribution >= 4 is 11.5 Å². The van der Waals surface area contributed by atoms with Gasteiger partial charge in [0, 0.05) is 18.7 Å². The second kappa shape index (κ2) is 6.34. The summed E-state index contributed by atoms with van der Waals surface area (Å²) in [7, 11) is 1.44. The molecular formula is C14H12N4O3. The summed E-state index contributed by atoms with van der Waals surface area (Å²) in [5.74, 6) is 0.413. The maximum Gasteiger partial charge on any atom is 0.311 e. The van der Waals surface area contributed by atoms with Crippen molar-refractivity contribution in [3.05, 3.63) is 57.6 Å². The molecule has 0 radical (unpaired) electrons. The van der Waals surface area contributed by atoms with Crippen LogP contribution in [0.1, 0.15) is 11.1 Å². The molecule has 0 aliphatic heterocycles. The zero-order valence-corrected chi connectivity index (χ0v) is 11.2. The van der Waals surface area contributed by atoms with Crippen molar-refractivity contribution in [1.29, 1.82) is 5.26 Å². The Bertz CT molecular complexity index is 710. The van der Waals surface area contributed by atoms with Gasteiger partial charge in [0.15, 0.2) is 0 Å². The van der Waals surface area contributed by atoms with Gasteiger partial charge in [0.1, 0.15) is 0 Å². The zero-order chi connectivity index (χ0) is 15.2. The summed E-state index contributed by atoms with van der Waals surface area (Å²) < 4.78 is 4.96. The number of hydrogen-bond donors (Lipinski definition) is 1. The SMILES string of the molecule is COc1ccc([N+](=O)[O-])c(NCc2cccc(C#N)c2)n1. The quantitative estimate of drug-likeness (QED) is 0.668. The Morgan fingerprint density at radius 1 is 1.43 bits per heavy atom. The van der Waals surface area contributed by atoms with E-state index in [1.54, 1.807) is 18.2 Å². The molecule has 0 saturated carbocycles. The van der Waals surface area contributed by atoms with E-state index in [1.165, 1.54) is 19.2 Å². The summed E-state index contributed by atoms with van der Waals surface area (Å²) in [4.78, 5) is 14.5. The van der Waals surface area contributed by atoms with Gasteiger partial charge in [0.25, 0.3) is 0 Å². The van der Waals surface area contributed by atoms with Crippen LogP contribution in [0.2, 0.25) is 0 Å². The number of aromatic nitrogens is 1. The third kappa shape index (κ3) is 3.45. The number of pyridine rings is 1. The Morgan fingerprint density at radius 2 is 2.24 bits per heavy atom. The highest BCUT2D eigenvalue weighted by molar-refractivity contribution is 5.57. The summed E-state index contributed by atoms with van der Waals surface area (Å²) in [6.45, 7) is 0.316. The molecule has 0 spiro atoms. The minimum Gasteiger partial charge on any atom is -0.481 e. The number of nitrogens with one attached hydrogen (secondary N) is 1. The smallest absolute Gasteiger partial charge is 0.311 e. The topological polar surface area (TPSA) is 101 Å². The monoisotopic (exact) mass is 284 g/mol. The van der Waals surface area contributed by atoms with Gasteiger partial charge < -0.3 is 10.1 Å². The fraction of sp³-hybridized carbons (Fsp3) is 0.143. The average molecular weight is 284 g/mol. The Kier molecular flexibility index (Phi) is 4.31. The highest BCUT2D eigenvalue weighted by atomic mass is 16.6. The van der Waals surface area contributed by atoms with Crippen LogP contribution in [0.25, 0.3) is 0 Å². The van der Waals surface area contributed by atoms with Crippen molar-refractivity contribution < 1.29 is 9.66 Å². The van der Waals surface area contributed by atoms with E-state index in [-0.39, 0.29) is 17.4 Å². The first-order valence-electron chi connectivity index (χ1n) is 6.06. The van der Waals surface area contributed by atoms with Crippen LogP contribution < -0.4 is 10.1 Å². The van der Waals surface area contributed by atoms with Crippen molar-refractivity contribution in [3.8, 4) is 11.9 Å². The lowest BCUT2D eigenvalue weighted by Crippen LogP contribution is -2.05. The molecule has 7 nitrogen and oxygen atoms in total. The minimum atomic E-state index is -0.513. The Morgan fingerprint density at radius 3 is 2.90 bits per heavy atom. The van der Waals surface area contributed by atoms with Crippen LogP contribution in [0.15, 0.2) is 36.4 Å². The van der Waals surface area contributed by atoms with Crippen LogP contribution in [0, 0.1) is 21.4 Å². The molecule has 7 heteroatoms. The molecule has 0 aliphatic carbocycles. The predicted octanol–water partition coefficient (Wildman–Crippen LogP) is 2.48. The van der Waals surface area contributed by atoms with Crippen LogP contribution in [0.5, 0.6) is 5.88 Å². The molecule has 21 heavy (non-hydrogen) atoms. The van der Waals surface area contributed by atoms with E-state index in [2.05, 4.69) is 10.3 Å². The van der Waals surface area contributed by atoms with Crippen molar-refractivity contribution in [2.24, 2.45) is 0 Å². The molecule has 0 aliphatic rings. The molecule has 0 unspecified atom stereocenters. The molecule has 0 fully saturated rings. The van der Waals surface area contributed by atoms with Gasteiger partial charge in [-0.25, -0.2) is 0 Å². The van der Waals surface area contributed by atoms with Crippen LogP contribution in [-0.4, -0.2) is 17.0 Å².